The summed E-state index contributed by atoms with van der Waals surface area (Å²) in [5, 5.41) is 8.28. The molecule has 2 aromatic heterocycles. The Morgan fingerprint density at radius 2 is 2.13 bits per heavy atom. The van der Waals surface area contributed by atoms with Gasteiger partial charge in [0.2, 0.25) is 0 Å². The average molecular weight is 310 g/mol. The lowest BCUT2D eigenvalue weighted by atomic mass is 10.1. The van der Waals surface area contributed by atoms with Crippen LogP contribution in [0.3, 0.4) is 0 Å². The Kier molecular flexibility index (Phi) is 3.59. The lowest BCUT2D eigenvalue weighted by Gasteiger charge is -2.22. The van der Waals surface area contributed by atoms with Gasteiger partial charge in [0.05, 0.1) is 17.9 Å². The summed E-state index contributed by atoms with van der Waals surface area (Å²) in [6.07, 6.45) is 5.49. The highest BCUT2D eigenvalue weighted by Crippen LogP contribution is 2.22. The second-order valence-electron chi connectivity index (χ2n) is 5.78. The zero-order valence-electron chi connectivity index (χ0n) is 12.7. The normalized spacial score (nSPS) is 15.8. The van der Waals surface area contributed by atoms with Crippen molar-refractivity contribution in [1.29, 1.82) is 0 Å². The molecule has 1 aliphatic heterocycles. The first-order valence-corrected chi connectivity index (χ1v) is 7.80. The van der Waals surface area contributed by atoms with Crippen molar-refractivity contribution < 1.29 is 9.53 Å². The Balaban J connectivity index is 1.49. The molecule has 0 unspecified atom stereocenters. The largest absolute Gasteiger partial charge is 0.381 e. The van der Waals surface area contributed by atoms with E-state index >= 15 is 0 Å². The first-order chi connectivity index (χ1) is 11.3. The fourth-order valence-corrected chi connectivity index (χ4v) is 2.95. The van der Waals surface area contributed by atoms with Crippen LogP contribution in [0.25, 0.3) is 10.9 Å². The van der Waals surface area contributed by atoms with Crippen molar-refractivity contribution in [2.45, 2.75) is 18.9 Å². The summed E-state index contributed by atoms with van der Waals surface area (Å²) in [6.45, 7) is 1.53. The SMILES string of the molecule is O=C(Nc1cnn(C2CCOCC2)c1)c1cc2ccccc2[nH]1. The Hall–Kier alpha value is -2.60. The van der Waals surface area contributed by atoms with Gasteiger partial charge in [-0.3, -0.25) is 9.48 Å². The molecule has 1 amide bonds. The number of para-hydroxylation sites is 1. The van der Waals surface area contributed by atoms with Crippen molar-refractivity contribution in [3.63, 3.8) is 0 Å². The molecule has 6 nitrogen and oxygen atoms in total. The van der Waals surface area contributed by atoms with Crippen LogP contribution >= 0.6 is 0 Å². The predicted molar refractivity (Wildman–Crippen MR) is 87.6 cm³/mol. The Bertz CT molecular complexity index is 797. The summed E-state index contributed by atoms with van der Waals surface area (Å²) in [7, 11) is 0. The van der Waals surface area contributed by atoms with Gasteiger partial charge in [0.25, 0.3) is 5.91 Å². The standard InChI is InChI=1S/C17H18N4O2/c22-17(16-9-12-3-1-2-4-15(12)20-16)19-13-10-18-21(11-13)14-5-7-23-8-6-14/h1-4,9-11,14,20H,5-8H2,(H,19,22). The van der Waals surface area contributed by atoms with E-state index in [0.29, 0.717) is 17.4 Å². The van der Waals surface area contributed by atoms with E-state index in [-0.39, 0.29) is 5.91 Å². The topological polar surface area (TPSA) is 71.9 Å². The number of carbonyl (C=O) groups is 1. The third kappa shape index (κ3) is 2.85. The van der Waals surface area contributed by atoms with Crippen molar-refractivity contribution in [3.8, 4) is 0 Å². The molecule has 0 atom stereocenters. The van der Waals surface area contributed by atoms with Gasteiger partial charge in [-0.05, 0) is 25.0 Å². The van der Waals surface area contributed by atoms with Gasteiger partial charge >= 0.3 is 0 Å². The number of benzene rings is 1. The number of carbonyl (C=O) groups excluding carboxylic acids is 1. The monoisotopic (exact) mass is 310 g/mol. The second kappa shape index (κ2) is 5.89. The molecule has 3 aromatic rings. The minimum absolute atomic E-state index is 0.160. The molecule has 0 aliphatic carbocycles. The minimum Gasteiger partial charge on any atom is -0.381 e. The van der Waals surface area contributed by atoms with Crippen LogP contribution < -0.4 is 5.32 Å². The van der Waals surface area contributed by atoms with Gasteiger partial charge in [-0.15, -0.1) is 0 Å². The number of nitrogens with one attached hydrogen (secondary N) is 2. The molecular weight excluding hydrogens is 292 g/mol. The van der Waals surface area contributed by atoms with Crippen LogP contribution in [0.5, 0.6) is 0 Å². The molecule has 1 aliphatic rings. The van der Waals surface area contributed by atoms with Crippen molar-refractivity contribution in [1.82, 2.24) is 14.8 Å². The van der Waals surface area contributed by atoms with Gasteiger partial charge in [0, 0.05) is 30.3 Å². The van der Waals surface area contributed by atoms with Gasteiger partial charge in [0.1, 0.15) is 5.69 Å². The fraction of sp³-hybridized carbons (Fsp3) is 0.294. The number of nitrogens with zero attached hydrogens (tertiary/aromatic N) is 2. The molecule has 118 valence electrons. The number of aromatic nitrogens is 3. The lowest BCUT2D eigenvalue weighted by molar-refractivity contribution is 0.0662. The summed E-state index contributed by atoms with van der Waals surface area (Å²) in [5.74, 6) is -0.160. The molecule has 0 saturated carbocycles. The number of H-pyrrole nitrogens is 1. The number of rotatable bonds is 3. The number of anilines is 1. The summed E-state index contributed by atoms with van der Waals surface area (Å²) in [4.78, 5) is 15.5. The molecule has 2 N–H and O–H groups in total. The molecule has 1 aromatic carbocycles. The van der Waals surface area contributed by atoms with Crippen LogP contribution in [0.2, 0.25) is 0 Å². The summed E-state index contributed by atoms with van der Waals surface area (Å²) in [6, 6.07) is 10.0. The fourth-order valence-electron chi connectivity index (χ4n) is 2.95. The van der Waals surface area contributed by atoms with Crippen LogP contribution in [0.1, 0.15) is 29.4 Å². The van der Waals surface area contributed by atoms with E-state index in [9.17, 15) is 4.79 Å². The third-order valence-corrected chi connectivity index (χ3v) is 4.20. The average Bonchev–Trinajstić information content (AvgIpc) is 3.22. The maximum Gasteiger partial charge on any atom is 0.272 e. The van der Waals surface area contributed by atoms with E-state index in [2.05, 4.69) is 15.4 Å². The van der Waals surface area contributed by atoms with Gasteiger partial charge in [-0.25, -0.2) is 0 Å². The highest BCUT2D eigenvalue weighted by Gasteiger charge is 2.17. The van der Waals surface area contributed by atoms with E-state index in [4.69, 9.17) is 4.74 Å². The number of hydrogen-bond donors (Lipinski definition) is 2. The highest BCUT2D eigenvalue weighted by molar-refractivity contribution is 6.05. The smallest absolute Gasteiger partial charge is 0.272 e. The van der Waals surface area contributed by atoms with Crippen molar-refractivity contribution >= 4 is 22.5 Å². The Morgan fingerprint density at radius 1 is 1.30 bits per heavy atom. The van der Waals surface area contributed by atoms with Crippen LogP contribution in [-0.2, 0) is 4.74 Å². The lowest BCUT2D eigenvalue weighted by Crippen LogP contribution is -2.19. The van der Waals surface area contributed by atoms with E-state index in [1.54, 1.807) is 6.20 Å². The van der Waals surface area contributed by atoms with Crippen molar-refractivity contribution in [2.24, 2.45) is 0 Å². The van der Waals surface area contributed by atoms with E-state index < -0.39 is 0 Å². The summed E-state index contributed by atoms with van der Waals surface area (Å²) in [5.41, 5.74) is 2.21. The second-order valence-corrected chi connectivity index (χ2v) is 5.78. The molecule has 0 spiro atoms. The van der Waals surface area contributed by atoms with Gasteiger partial charge in [-0.2, -0.15) is 5.10 Å². The van der Waals surface area contributed by atoms with Crippen LogP contribution in [0.15, 0.2) is 42.7 Å². The van der Waals surface area contributed by atoms with Crippen LogP contribution in [0.4, 0.5) is 5.69 Å². The van der Waals surface area contributed by atoms with E-state index in [0.717, 1.165) is 37.0 Å². The molecule has 0 bridgehead atoms. The molecule has 4 rings (SSSR count). The van der Waals surface area contributed by atoms with Crippen molar-refractivity contribution in [3.05, 3.63) is 48.4 Å². The molecule has 1 saturated heterocycles. The van der Waals surface area contributed by atoms with Gasteiger partial charge in [0.15, 0.2) is 0 Å². The van der Waals surface area contributed by atoms with Crippen molar-refractivity contribution in [2.75, 3.05) is 18.5 Å². The van der Waals surface area contributed by atoms with E-state index in [1.807, 2.05) is 41.2 Å². The van der Waals surface area contributed by atoms with Gasteiger partial charge in [-0.1, -0.05) is 18.2 Å². The Morgan fingerprint density at radius 3 is 2.96 bits per heavy atom. The molecular formula is C17H18N4O2. The maximum absolute atomic E-state index is 12.4. The van der Waals surface area contributed by atoms with E-state index in [1.165, 1.54) is 0 Å². The number of ether oxygens (including phenoxy) is 1. The minimum atomic E-state index is -0.160. The van der Waals surface area contributed by atoms with Gasteiger partial charge < -0.3 is 15.0 Å². The molecule has 1 fully saturated rings. The highest BCUT2D eigenvalue weighted by atomic mass is 16.5. The predicted octanol–water partition coefficient (Wildman–Crippen LogP) is 2.97. The first-order valence-electron chi connectivity index (χ1n) is 7.80. The Labute approximate surface area is 133 Å². The molecule has 0 radical (unpaired) electrons. The molecule has 3 heterocycles. The van der Waals surface area contributed by atoms with Crippen LogP contribution in [0, 0.1) is 0 Å². The third-order valence-electron chi connectivity index (χ3n) is 4.20. The number of hydrogen-bond acceptors (Lipinski definition) is 3. The molecule has 6 heteroatoms. The number of aromatic amines is 1. The first kappa shape index (κ1) is 14.0. The molecule has 23 heavy (non-hydrogen) atoms. The number of fused-ring (bicyclic) bond motifs is 1. The van der Waals surface area contributed by atoms with Crippen LogP contribution in [-0.4, -0.2) is 33.9 Å². The number of amides is 1. The quantitative estimate of drug-likeness (QED) is 0.781. The zero-order chi connectivity index (χ0) is 15.6. The maximum atomic E-state index is 12.4. The zero-order valence-corrected chi connectivity index (χ0v) is 12.7. The summed E-state index contributed by atoms with van der Waals surface area (Å²) < 4.78 is 7.28. The summed E-state index contributed by atoms with van der Waals surface area (Å²) >= 11 is 0.